The zero-order valence-electron chi connectivity index (χ0n) is 27.3. The Balaban J connectivity index is 1.52. The Bertz CT molecular complexity index is 3610. The van der Waals surface area contributed by atoms with E-state index in [-0.39, 0.29) is 89.7 Å². The van der Waals surface area contributed by atoms with Gasteiger partial charge in [-0.1, -0.05) is 12.1 Å². The van der Waals surface area contributed by atoms with Gasteiger partial charge in [0.25, 0.3) is 40.5 Å². The first-order valence-corrected chi connectivity index (χ1v) is 21.3. The minimum absolute atomic E-state index is 0.00391. The van der Waals surface area contributed by atoms with Gasteiger partial charge >= 0.3 is 0 Å². The average Bonchev–Trinajstić information content (AvgIpc) is 3.84. The molecule has 0 aliphatic carbocycles. The Kier molecular flexibility index (Phi) is 7.43. The van der Waals surface area contributed by atoms with E-state index < -0.39 is 60.1 Å². The summed E-state index contributed by atoms with van der Waals surface area (Å²) in [6.45, 7) is 0. The predicted octanol–water partition coefficient (Wildman–Crippen LogP) is 3.86. The molecule has 4 aromatic carbocycles. The maximum atomic E-state index is 12.7. The quantitative estimate of drug-likeness (QED) is 0.137. The van der Waals surface area contributed by atoms with Crippen molar-refractivity contribution < 1.29 is 51.9 Å². The lowest BCUT2D eigenvalue weighted by atomic mass is 10.1. The fourth-order valence-electron chi connectivity index (χ4n) is 6.44. The fraction of sp³-hybridized carbons (Fsp3) is 0. The molecule has 2 aliphatic heterocycles. The summed E-state index contributed by atoms with van der Waals surface area (Å²) in [5, 5.41) is 0.225. The zero-order valence-corrected chi connectivity index (χ0v) is 30.6. The molecule has 0 atom stereocenters. The molecule has 6 N–H and O–H groups in total. The van der Waals surface area contributed by atoms with Crippen LogP contribution in [0, 0.1) is 0 Å². The molecule has 0 amide bonds. The van der Waals surface area contributed by atoms with Gasteiger partial charge in [0.2, 0.25) is 0 Å². The van der Waals surface area contributed by atoms with E-state index in [0.29, 0.717) is 0 Å². The molecule has 24 heteroatoms. The molecule has 0 fully saturated rings. The molecule has 9 rings (SSSR count). The summed E-state index contributed by atoms with van der Waals surface area (Å²) in [6, 6.07) is 14.3. The first-order chi connectivity index (χ1) is 26.2. The van der Waals surface area contributed by atoms with E-state index in [4.69, 9.17) is 0 Å². The van der Waals surface area contributed by atoms with Crippen LogP contribution < -0.4 is 0 Å². The minimum atomic E-state index is -4.93. The summed E-state index contributed by atoms with van der Waals surface area (Å²) < 4.78 is 138. The first kappa shape index (κ1) is 35.6. The third kappa shape index (κ3) is 5.78. The van der Waals surface area contributed by atoms with E-state index in [0.717, 1.165) is 42.5 Å². The molecule has 0 spiro atoms. The lowest BCUT2D eigenvalue weighted by molar-refractivity contribution is 0.481. The molecule has 0 saturated heterocycles. The van der Waals surface area contributed by atoms with Crippen molar-refractivity contribution in [3.05, 3.63) is 72.8 Å². The molecule has 0 radical (unpaired) electrons. The van der Waals surface area contributed by atoms with Crippen LogP contribution in [0.15, 0.2) is 92.4 Å². The monoisotopic (exact) mass is 834 g/mol. The van der Waals surface area contributed by atoms with Crippen LogP contribution in [0.1, 0.15) is 0 Å². The third-order valence-electron chi connectivity index (χ3n) is 8.90. The van der Waals surface area contributed by atoms with Crippen LogP contribution >= 0.6 is 0 Å². The molecule has 2 aliphatic rings. The van der Waals surface area contributed by atoms with Crippen molar-refractivity contribution in [2.45, 2.75) is 19.6 Å². The smallest absolute Gasteiger partial charge is 0.295 e. The van der Waals surface area contributed by atoms with Crippen molar-refractivity contribution in [3.8, 4) is 45.6 Å². The molecule has 282 valence electrons. The summed E-state index contributed by atoms with van der Waals surface area (Å²) in [7, 11) is -19.2. The van der Waals surface area contributed by atoms with E-state index in [9.17, 15) is 51.9 Å². The van der Waals surface area contributed by atoms with E-state index >= 15 is 0 Å². The van der Waals surface area contributed by atoms with Crippen LogP contribution in [0.25, 0.3) is 89.7 Å². The highest BCUT2D eigenvalue weighted by atomic mass is 32.2. The second-order valence-electron chi connectivity index (χ2n) is 12.3. The van der Waals surface area contributed by atoms with Crippen molar-refractivity contribution in [2.75, 3.05) is 0 Å². The maximum Gasteiger partial charge on any atom is 0.295 e. The lowest BCUT2D eigenvalue weighted by Gasteiger charge is -2.02. The highest BCUT2D eigenvalue weighted by Gasteiger charge is 2.27. The summed E-state index contributed by atoms with van der Waals surface area (Å²) in [4.78, 5) is 31.1. The summed E-state index contributed by atoms with van der Waals surface area (Å²) in [5.41, 5.74) is 0.00377. The average molecular weight is 835 g/mol. The molecule has 0 saturated carbocycles. The molecule has 5 heterocycles. The second kappa shape index (κ2) is 11.7. The van der Waals surface area contributed by atoms with Gasteiger partial charge in [-0.2, -0.15) is 33.7 Å². The lowest BCUT2D eigenvalue weighted by Crippen LogP contribution is -1.99. The zero-order chi connectivity index (χ0) is 39.7. The van der Waals surface area contributed by atoms with Crippen LogP contribution in [0.4, 0.5) is 0 Å². The van der Waals surface area contributed by atoms with Crippen LogP contribution in [-0.2, 0) is 40.5 Å². The Morgan fingerprint density at radius 1 is 0.393 bits per heavy atom. The van der Waals surface area contributed by atoms with Gasteiger partial charge in [-0.05, 0) is 60.7 Å². The van der Waals surface area contributed by atoms with Crippen molar-refractivity contribution in [2.24, 2.45) is 0 Å². The van der Waals surface area contributed by atoms with Crippen molar-refractivity contribution >= 4 is 84.6 Å². The molecule has 3 aromatic heterocycles. The van der Waals surface area contributed by atoms with E-state index in [1.165, 1.54) is 30.3 Å². The number of rotatable bonds is 4. The predicted molar refractivity (Wildman–Crippen MR) is 195 cm³/mol. The Labute approximate surface area is 313 Å². The van der Waals surface area contributed by atoms with Crippen LogP contribution in [0.3, 0.4) is 0 Å². The SMILES string of the molecule is O=S(=O)(O)c1ccc2c(c1)-c1nc-2nc2[nH]c(nc3nc(nc4[nH]c(n1)c1ccc(S(=O)(=O)O)cc41)-c1ccc(S(=O)(=O)O)cc1-3)c1c(S(=O)(=O)O)cccc21. The van der Waals surface area contributed by atoms with E-state index in [1.54, 1.807) is 0 Å². The Hall–Kier alpha value is -6.12. The third-order valence-corrected chi connectivity index (χ3v) is 12.3. The highest BCUT2D eigenvalue weighted by Crippen LogP contribution is 2.39. The van der Waals surface area contributed by atoms with Crippen LogP contribution in [0.5, 0.6) is 0 Å². The number of nitrogens with zero attached hydrogens (tertiary/aromatic N) is 6. The normalized spacial score (nSPS) is 13.2. The van der Waals surface area contributed by atoms with Gasteiger partial charge in [-0.3, -0.25) is 18.2 Å². The Morgan fingerprint density at radius 2 is 0.821 bits per heavy atom. The number of fused-ring (bicyclic) bond motifs is 20. The van der Waals surface area contributed by atoms with Crippen LogP contribution in [-0.4, -0.2) is 91.8 Å². The number of aromatic nitrogens is 8. The fourth-order valence-corrected chi connectivity index (χ4v) is 8.68. The second-order valence-corrected chi connectivity index (χ2v) is 18.0. The number of hydrogen-bond donors (Lipinski definition) is 6. The van der Waals surface area contributed by atoms with Gasteiger partial charge < -0.3 is 9.97 Å². The molecule has 7 aromatic rings. The summed E-state index contributed by atoms with van der Waals surface area (Å²) >= 11 is 0. The molecule has 8 bridgehead atoms. The summed E-state index contributed by atoms with van der Waals surface area (Å²) in [5.74, 6) is -0.646. The van der Waals surface area contributed by atoms with Crippen molar-refractivity contribution in [3.63, 3.8) is 0 Å². The van der Waals surface area contributed by atoms with E-state index in [2.05, 4.69) is 39.9 Å². The van der Waals surface area contributed by atoms with Gasteiger partial charge in [-0.25, -0.2) is 29.9 Å². The van der Waals surface area contributed by atoms with Crippen LogP contribution in [0.2, 0.25) is 0 Å². The topological polar surface area (TPSA) is 326 Å². The number of H-pyrrole nitrogens is 2. The number of hydrogen-bond acceptors (Lipinski definition) is 14. The number of nitrogens with one attached hydrogen (secondary N) is 2. The van der Waals surface area contributed by atoms with E-state index in [1.807, 2.05) is 0 Å². The molecule has 56 heavy (non-hydrogen) atoms. The highest BCUT2D eigenvalue weighted by molar-refractivity contribution is 7.86. The molecular formula is C32H18N8O12S4. The van der Waals surface area contributed by atoms with Gasteiger partial charge in [0.15, 0.2) is 23.3 Å². The van der Waals surface area contributed by atoms with Crippen molar-refractivity contribution in [1.82, 2.24) is 39.9 Å². The largest absolute Gasteiger partial charge is 0.324 e. The number of benzene rings is 4. The standard InChI is InChI=1S/C32H18N8O12S4/c41-53(42,43)13-4-7-16-20(10-13)29-34-25(16)33-28-19-2-1-3-23(56(50,51)52)24(19)32(39-28)40-31-22-12-15(55(47,48)49)6-9-18(22)27(38-31)37-30-21-11-14(54(44,45)46)5-8-17(21)26(35-29)36-30/h1-12H,(H,41,42,43)(H,44,45,46)(H,47,48,49)(H,50,51,52)(H2,33,34,35,36,37,38,39,40). The minimum Gasteiger partial charge on any atom is -0.324 e. The molecule has 20 nitrogen and oxygen atoms in total. The Morgan fingerprint density at radius 3 is 1.34 bits per heavy atom. The van der Waals surface area contributed by atoms with Gasteiger partial charge in [-0.15, -0.1) is 0 Å². The van der Waals surface area contributed by atoms with Crippen molar-refractivity contribution in [1.29, 1.82) is 0 Å². The van der Waals surface area contributed by atoms with Gasteiger partial charge in [0.05, 0.1) is 14.7 Å². The number of aromatic amines is 2. The van der Waals surface area contributed by atoms with Gasteiger partial charge in [0, 0.05) is 43.8 Å². The molecular weight excluding hydrogens is 817 g/mol. The first-order valence-electron chi connectivity index (χ1n) is 15.5. The summed E-state index contributed by atoms with van der Waals surface area (Å²) in [6.07, 6.45) is 0. The molecule has 0 unspecified atom stereocenters. The van der Waals surface area contributed by atoms with Gasteiger partial charge in [0.1, 0.15) is 27.5 Å². The maximum absolute atomic E-state index is 12.7.